The molecular weight excluding hydrogens is 312 g/mol. The van der Waals surface area contributed by atoms with Crippen LogP contribution < -0.4 is 11.2 Å². The van der Waals surface area contributed by atoms with Gasteiger partial charge in [-0.05, 0) is 15.9 Å². The van der Waals surface area contributed by atoms with Gasteiger partial charge < -0.3 is 10.2 Å². The third-order valence-electron chi connectivity index (χ3n) is 2.62. The molecule has 0 saturated carbocycles. The van der Waals surface area contributed by atoms with Crippen LogP contribution >= 0.6 is 27.7 Å². The van der Waals surface area contributed by atoms with Crippen LogP contribution in [0.5, 0.6) is 0 Å². The summed E-state index contributed by atoms with van der Waals surface area (Å²) in [6.45, 7) is -0.137. The van der Waals surface area contributed by atoms with E-state index in [0.717, 1.165) is 0 Å². The van der Waals surface area contributed by atoms with Gasteiger partial charge in [-0.25, -0.2) is 4.79 Å². The zero-order chi connectivity index (χ0) is 12.6. The summed E-state index contributed by atoms with van der Waals surface area (Å²) in [5, 5.41) is 18.1. The number of aliphatic hydroxyl groups excluding tert-OH is 2. The lowest BCUT2D eigenvalue weighted by molar-refractivity contribution is 0.137. The van der Waals surface area contributed by atoms with Gasteiger partial charge in [0.2, 0.25) is 0 Å². The summed E-state index contributed by atoms with van der Waals surface area (Å²) >= 11 is 4.37. The van der Waals surface area contributed by atoms with Gasteiger partial charge in [-0.15, -0.1) is 11.8 Å². The number of halogens is 1. The monoisotopic (exact) mass is 322 g/mol. The zero-order valence-corrected chi connectivity index (χ0v) is 11.1. The Bertz CT molecular complexity index is 528. The summed E-state index contributed by atoms with van der Waals surface area (Å²) in [4.78, 5) is 25.0. The van der Waals surface area contributed by atoms with Crippen molar-refractivity contribution in [2.24, 2.45) is 0 Å². The lowest BCUT2D eigenvalue weighted by Gasteiger charge is -2.12. The van der Waals surface area contributed by atoms with Gasteiger partial charge in [0.25, 0.3) is 5.56 Å². The molecule has 1 saturated heterocycles. The number of rotatable bonds is 2. The van der Waals surface area contributed by atoms with E-state index >= 15 is 0 Å². The van der Waals surface area contributed by atoms with Crippen molar-refractivity contribution in [1.82, 2.24) is 9.55 Å². The van der Waals surface area contributed by atoms with E-state index in [2.05, 4.69) is 20.9 Å². The quantitative estimate of drug-likeness (QED) is 0.692. The molecule has 0 unspecified atom stereocenters. The fraction of sp³-hybridized carbons (Fsp3) is 0.556. The van der Waals surface area contributed by atoms with Gasteiger partial charge in [-0.2, -0.15) is 0 Å². The van der Waals surface area contributed by atoms with Gasteiger partial charge in [0, 0.05) is 12.6 Å². The van der Waals surface area contributed by atoms with Gasteiger partial charge in [0.1, 0.15) is 0 Å². The molecule has 1 aromatic heterocycles. The summed E-state index contributed by atoms with van der Waals surface area (Å²) in [6, 6.07) is 0. The van der Waals surface area contributed by atoms with Gasteiger partial charge in [-0.3, -0.25) is 14.3 Å². The third-order valence-corrected chi connectivity index (χ3v) is 4.73. The van der Waals surface area contributed by atoms with Crippen molar-refractivity contribution in [3.63, 3.8) is 0 Å². The summed E-state index contributed by atoms with van der Waals surface area (Å²) in [5.74, 6) is 0. The molecule has 17 heavy (non-hydrogen) atoms. The maximum Gasteiger partial charge on any atom is 0.329 e. The Kier molecular flexibility index (Phi) is 3.76. The summed E-state index contributed by atoms with van der Waals surface area (Å²) in [6.07, 6.45) is 1.13. The van der Waals surface area contributed by atoms with Crippen molar-refractivity contribution < 1.29 is 10.2 Å². The molecule has 0 aromatic carbocycles. The molecule has 2 rings (SSSR count). The molecular formula is C9H11BrN2O4S. The number of hydrogen-bond donors (Lipinski definition) is 3. The average Bonchev–Trinajstić information content (AvgIpc) is 2.65. The van der Waals surface area contributed by atoms with E-state index in [9.17, 15) is 14.7 Å². The van der Waals surface area contributed by atoms with Gasteiger partial charge in [0.05, 0.1) is 27.8 Å². The number of aliphatic hydroxyl groups is 2. The summed E-state index contributed by atoms with van der Waals surface area (Å²) in [5.41, 5.74) is -0.991. The molecule has 1 aliphatic heterocycles. The Morgan fingerprint density at radius 3 is 2.88 bits per heavy atom. The molecule has 1 aromatic rings. The molecule has 8 heteroatoms. The molecule has 2 heterocycles. The van der Waals surface area contributed by atoms with E-state index < -0.39 is 17.4 Å². The number of aromatic nitrogens is 2. The largest absolute Gasteiger partial charge is 0.395 e. The van der Waals surface area contributed by atoms with Crippen molar-refractivity contribution in [2.45, 2.75) is 23.1 Å². The highest BCUT2D eigenvalue weighted by molar-refractivity contribution is 9.10. The van der Waals surface area contributed by atoms with Crippen molar-refractivity contribution in [2.75, 3.05) is 6.61 Å². The topological polar surface area (TPSA) is 95.3 Å². The standard InChI is InChI=1S/C9H11BrN2O4S/c10-4-2-12(9(16)11-8(4)15)7-1-5(14)6(3-13)17-7/h2,5-7,13-14H,1,3H2,(H,11,15,16)/t5-,6-,7+/m0/s1. The second kappa shape index (κ2) is 4.97. The number of nitrogens with zero attached hydrogens (tertiary/aromatic N) is 1. The fourth-order valence-corrected chi connectivity index (χ4v) is 3.42. The molecule has 0 bridgehead atoms. The number of H-pyrrole nitrogens is 1. The average molecular weight is 323 g/mol. The molecule has 6 nitrogen and oxygen atoms in total. The number of hydrogen-bond acceptors (Lipinski definition) is 5. The second-order valence-corrected chi connectivity index (χ2v) is 6.03. The lowest BCUT2D eigenvalue weighted by atomic mass is 10.2. The van der Waals surface area contributed by atoms with Crippen molar-refractivity contribution in [1.29, 1.82) is 0 Å². The molecule has 1 fully saturated rings. The molecule has 3 N–H and O–H groups in total. The molecule has 1 aliphatic rings. The van der Waals surface area contributed by atoms with Crippen LogP contribution in [0.4, 0.5) is 0 Å². The Hall–Kier alpha value is -0.570. The van der Waals surface area contributed by atoms with Crippen molar-refractivity contribution >= 4 is 27.7 Å². The number of thioether (sulfide) groups is 1. The first-order valence-electron chi connectivity index (χ1n) is 4.98. The van der Waals surface area contributed by atoms with Crippen LogP contribution in [0, 0.1) is 0 Å². The first-order chi connectivity index (χ1) is 8.02. The van der Waals surface area contributed by atoms with Gasteiger partial charge >= 0.3 is 5.69 Å². The predicted molar refractivity (Wildman–Crippen MR) is 67.1 cm³/mol. The minimum absolute atomic E-state index is 0.137. The maximum atomic E-state index is 11.6. The second-order valence-electron chi connectivity index (χ2n) is 3.76. The van der Waals surface area contributed by atoms with Crippen LogP contribution in [0.15, 0.2) is 20.3 Å². The zero-order valence-electron chi connectivity index (χ0n) is 8.67. The van der Waals surface area contributed by atoms with Gasteiger partial charge in [-0.1, -0.05) is 0 Å². The Labute approximate surface area is 109 Å². The normalized spacial score (nSPS) is 28.5. The smallest absolute Gasteiger partial charge is 0.329 e. The molecule has 0 spiro atoms. The van der Waals surface area contributed by atoms with E-state index in [0.29, 0.717) is 6.42 Å². The van der Waals surface area contributed by atoms with Crippen molar-refractivity contribution in [3.05, 3.63) is 31.5 Å². The first-order valence-corrected chi connectivity index (χ1v) is 6.72. The number of nitrogens with one attached hydrogen (secondary N) is 1. The van der Waals surface area contributed by atoms with Crippen LogP contribution in [-0.4, -0.2) is 37.7 Å². The summed E-state index contributed by atoms with van der Waals surface area (Å²) in [7, 11) is 0. The molecule has 94 valence electrons. The van der Waals surface area contributed by atoms with Crippen LogP contribution in [0.1, 0.15) is 11.8 Å². The van der Waals surface area contributed by atoms with Crippen LogP contribution in [0.25, 0.3) is 0 Å². The highest BCUT2D eigenvalue weighted by Gasteiger charge is 2.34. The molecule has 3 atom stereocenters. The van der Waals surface area contributed by atoms with E-state index in [4.69, 9.17) is 5.11 Å². The van der Waals surface area contributed by atoms with E-state index in [-0.39, 0.29) is 21.7 Å². The highest BCUT2D eigenvalue weighted by Crippen LogP contribution is 2.40. The lowest BCUT2D eigenvalue weighted by Crippen LogP contribution is -2.31. The van der Waals surface area contributed by atoms with E-state index in [1.54, 1.807) is 0 Å². The van der Waals surface area contributed by atoms with E-state index in [1.165, 1.54) is 22.5 Å². The number of aromatic amines is 1. The van der Waals surface area contributed by atoms with Gasteiger partial charge in [0.15, 0.2) is 0 Å². The Balaban J connectivity index is 2.34. The van der Waals surface area contributed by atoms with Crippen LogP contribution in [0.3, 0.4) is 0 Å². The minimum atomic E-state index is -0.646. The van der Waals surface area contributed by atoms with Crippen molar-refractivity contribution in [3.8, 4) is 0 Å². The van der Waals surface area contributed by atoms with E-state index in [1.807, 2.05) is 0 Å². The molecule has 0 amide bonds. The molecule has 0 aliphatic carbocycles. The van der Waals surface area contributed by atoms with Crippen LogP contribution in [-0.2, 0) is 0 Å². The first kappa shape index (κ1) is 12.9. The third kappa shape index (κ3) is 2.49. The summed E-state index contributed by atoms with van der Waals surface area (Å²) < 4.78 is 1.62. The minimum Gasteiger partial charge on any atom is -0.395 e. The SMILES string of the molecule is O=c1[nH]c(=O)n([C@H]2C[C@H](O)[C@H](CO)S2)cc1Br. The highest BCUT2D eigenvalue weighted by atomic mass is 79.9. The Morgan fingerprint density at radius 1 is 1.59 bits per heavy atom. The fourth-order valence-electron chi connectivity index (χ4n) is 1.72. The Morgan fingerprint density at radius 2 is 2.29 bits per heavy atom. The predicted octanol–water partition coefficient (Wildman–Crippen LogP) is -0.344. The van der Waals surface area contributed by atoms with Crippen LogP contribution in [0.2, 0.25) is 0 Å². The maximum absolute atomic E-state index is 11.6. The molecule has 0 radical (unpaired) electrons.